The van der Waals surface area contributed by atoms with Crippen molar-refractivity contribution < 1.29 is 9.66 Å². The van der Waals surface area contributed by atoms with Crippen molar-refractivity contribution in [3.63, 3.8) is 0 Å². The molecule has 94 valence electrons. The van der Waals surface area contributed by atoms with Crippen molar-refractivity contribution in [1.82, 2.24) is 0 Å². The third kappa shape index (κ3) is 4.03. The Labute approximate surface area is 101 Å². The molecule has 0 aliphatic rings. The number of nitrogens with one attached hydrogen (secondary N) is 1. The maximum absolute atomic E-state index is 10.6. The predicted octanol–water partition coefficient (Wildman–Crippen LogP) is 2.74. The van der Waals surface area contributed by atoms with Crippen LogP contribution in [0.3, 0.4) is 0 Å². The number of methoxy groups -OCH3 is 1. The van der Waals surface area contributed by atoms with Crippen LogP contribution >= 0.6 is 0 Å². The van der Waals surface area contributed by atoms with Crippen LogP contribution in [-0.4, -0.2) is 24.7 Å². The molecule has 5 heteroatoms. The Morgan fingerprint density at radius 2 is 2.24 bits per heavy atom. The number of rotatable bonds is 6. The van der Waals surface area contributed by atoms with Gasteiger partial charge in [-0.1, -0.05) is 0 Å². The molecule has 0 aliphatic carbocycles. The highest BCUT2D eigenvalue weighted by Gasteiger charge is 2.09. The second-order valence-electron chi connectivity index (χ2n) is 4.08. The molecule has 0 aliphatic heterocycles. The van der Waals surface area contributed by atoms with Gasteiger partial charge in [-0.15, -0.1) is 0 Å². The van der Waals surface area contributed by atoms with E-state index in [1.807, 2.05) is 6.92 Å². The Morgan fingerprint density at radius 1 is 1.53 bits per heavy atom. The van der Waals surface area contributed by atoms with Crippen molar-refractivity contribution in [3.8, 4) is 0 Å². The van der Waals surface area contributed by atoms with Crippen molar-refractivity contribution in [1.29, 1.82) is 0 Å². The number of nitro groups is 1. The highest BCUT2D eigenvalue weighted by Crippen LogP contribution is 2.22. The highest BCUT2D eigenvalue weighted by molar-refractivity contribution is 5.55. The molecule has 0 heterocycles. The summed E-state index contributed by atoms with van der Waals surface area (Å²) in [5.74, 6) is 0. The molecule has 0 bridgehead atoms. The van der Waals surface area contributed by atoms with Crippen LogP contribution < -0.4 is 5.32 Å². The monoisotopic (exact) mass is 238 g/mol. The lowest BCUT2D eigenvalue weighted by Crippen LogP contribution is -2.17. The normalized spacial score (nSPS) is 12.2. The summed E-state index contributed by atoms with van der Waals surface area (Å²) in [6, 6.07) is 5.11. The Hall–Kier alpha value is -1.62. The highest BCUT2D eigenvalue weighted by atomic mass is 16.6. The average molecular weight is 238 g/mol. The molecule has 1 N–H and O–H groups in total. The number of nitrogens with zero attached hydrogens (tertiary/aromatic N) is 1. The first-order chi connectivity index (χ1) is 8.04. The van der Waals surface area contributed by atoms with Gasteiger partial charge in [0.05, 0.1) is 4.92 Å². The molecular weight excluding hydrogens is 220 g/mol. The number of ether oxygens (including phenoxy) is 1. The maximum atomic E-state index is 10.6. The summed E-state index contributed by atoms with van der Waals surface area (Å²) in [5.41, 5.74) is 1.93. The molecule has 0 radical (unpaired) electrons. The zero-order valence-corrected chi connectivity index (χ0v) is 10.4. The van der Waals surface area contributed by atoms with E-state index in [2.05, 4.69) is 12.2 Å². The van der Waals surface area contributed by atoms with Gasteiger partial charge in [-0.2, -0.15) is 0 Å². The predicted molar refractivity (Wildman–Crippen MR) is 67.4 cm³/mol. The van der Waals surface area contributed by atoms with Crippen LogP contribution in [0, 0.1) is 17.0 Å². The number of nitro benzene ring substituents is 1. The summed E-state index contributed by atoms with van der Waals surface area (Å²) in [4.78, 5) is 10.2. The van der Waals surface area contributed by atoms with Crippen molar-refractivity contribution in [2.24, 2.45) is 0 Å². The van der Waals surface area contributed by atoms with Crippen LogP contribution in [0.25, 0.3) is 0 Å². The van der Waals surface area contributed by atoms with Crippen LogP contribution in [0.2, 0.25) is 0 Å². The molecule has 5 nitrogen and oxygen atoms in total. The Bertz CT molecular complexity index is 393. The molecule has 0 fully saturated rings. The van der Waals surface area contributed by atoms with Crippen molar-refractivity contribution in [3.05, 3.63) is 33.9 Å². The zero-order chi connectivity index (χ0) is 12.8. The van der Waals surface area contributed by atoms with Gasteiger partial charge in [0.15, 0.2) is 0 Å². The van der Waals surface area contributed by atoms with Gasteiger partial charge in [-0.25, -0.2) is 0 Å². The lowest BCUT2D eigenvalue weighted by atomic mass is 10.1. The second kappa shape index (κ2) is 6.20. The molecule has 0 amide bonds. The Balaban J connectivity index is 2.69. The van der Waals surface area contributed by atoms with E-state index in [-0.39, 0.29) is 16.7 Å². The minimum atomic E-state index is -0.384. The first-order valence-electron chi connectivity index (χ1n) is 5.55. The summed E-state index contributed by atoms with van der Waals surface area (Å²) in [6.07, 6.45) is 0.896. The standard InChI is InChI=1S/C12H18N2O3/c1-9-8-11(14(15)16)4-5-12(9)13-10(2)6-7-17-3/h4-5,8,10,13H,6-7H2,1-3H3. The molecule has 1 aromatic carbocycles. The van der Waals surface area contributed by atoms with Crippen molar-refractivity contribution in [2.45, 2.75) is 26.3 Å². The third-order valence-corrected chi connectivity index (χ3v) is 2.58. The van der Waals surface area contributed by atoms with E-state index in [1.165, 1.54) is 6.07 Å². The molecule has 0 spiro atoms. The molecule has 0 saturated carbocycles. The van der Waals surface area contributed by atoms with Gasteiger partial charge in [0.2, 0.25) is 0 Å². The molecule has 17 heavy (non-hydrogen) atoms. The fourth-order valence-electron chi connectivity index (χ4n) is 1.56. The first-order valence-corrected chi connectivity index (χ1v) is 5.55. The van der Waals surface area contributed by atoms with E-state index in [9.17, 15) is 10.1 Å². The van der Waals surface area contributed by atoms with Gasteiger partial charge in [0, 0.05) is 37.6 Å². The van der Waals surface area contributed by atoms with E-state index < -0.39 is 0 Å². The number of aryl methyl sites for hydroxylation is 1. The van der Waals surface area contributed by atoms with Crippen molar-refractivity contribution in [2.75, 3.05) is 19.0 Å². The van der Waals surface area contributed by atoms with Crippen LogP contribution in [0.1, 0.15) is 18.9 Å². The summed E-state index contributed by atoms with van der Waals surface area (Å²) in [6.45, 7) is 4.61. The molecule has 1 atom stereocenters. The summed E-state index contributed by atoms with van der Waals surface area (Å²) >= 11 is 0. The van der Waals surface area contributed by atoms with E-state index in [0.29, 0.717) is 6.61 Å². The summed E-state index contributed by atoms with van der Waals surface area (Å²) in [7, 11) is 1.67. The SMILES string of the molecule is COCCC(C)Nc1ccc([N+](=O)[O-])cc1C. The number of benzene rings is 1. The lowest BCUT2D eigenvalue weighted by molar-refractivity contribution is -0.384. The van der Waals surface area contributed by atoms with Gasteiger partial charge in [0.25, 0.3) is 5.69 Å². The average Bonchev–Trinajstić information content (AvgIpc) is 2.28. The summed E-state index contributed by atoms with van der Waals surface area (Å²) in [5, 5.41) is 13.9. The largest absolute Gasteiger partial charge is 0.385 e. The topological polar surface area (TPSA) is 64.4 Å². The van der Waals surface area contributed by atoms with Gasteiger partial charge >= 0.3 is 0 Å². The van der Waals surface area contributed by atoms with Gasteiger partial charge in [-0.3, -0.25) is 10.1 Å². The Kier molecular flexibility index (Phi) is 4.90. The minimum Gasteiger partial charge on any atom is -0.385 e. The summed E-state index contributed by atoms with van der Waals surface area (Å²) < 4.78 is 5.00. The molecule has 1 rings (SSSR count). The van der Waals surface area contributed by atoms with Crippen LogP contribution in [-0.2, 0) is 4.74 Å². The van der Waals surface area contributed by atoms with Crippen LogP contribution in [0.15, 0.2) is 18.2 Å². The van der Waals surface area contributed by atoms with Crippen molar-refractivity contribution >= 4 is 11.4 Å². The quantitative estimate of drug-likeness (QED) is 0.611. The zero-order valence-electron chi connectivity index (χ0n) is 10.4. The van der Waals surface area contributed by atoms with E-state index in [1.54, 1.807) is 19.2 Å². The van der Waals surface area contributed by atoms with Gasteiger partial charge < -0.3 is 10.1 Å². The van der Waals surface area contributed by atoms with E-state index in [4.69, 9.17) is 4.74 Å². The molecular formula is C12H18N2O3. The smallest absolute Gasteiger partial charge is 0.269 e. The maximum Gasteiger partial charge on any atom is 0.269 e. The lowest BCUT2D eigenvalue weighted by Gasteiger charge is -2.16. The van der Waals surface area contributed by atoms with Gasteiger partial charge in [-0.05, 0) is 31.9 Å². The molecule has 1 aromatic rings. The Morgan fingerprint density at radius 3 is 2.76 bits per heavy atom. The van der Waals surface area contributed by atoms with E-state index >= 15 is 0 Å². The minimum absolute atomic E-state index is 0.123. The van der Waals surface area contributed by atoms with Crippen LogP contribution in [0.4, 0.5) is 11.4 Å². The van der Waals surface area contributed by atoms with Gasteiger partial charge in [0.1, 0.15) is 0 Å². The second-order valence-corrected chi connectivity index (χ2v) is 4.08. The number of anilines is 1. The first kappa shape index (κ1) is 13.4. The fourth-order valence-corrected chi connectivity index (χ4v) is 1.56. The number of hydrogen-bond acceptors (Lipinski definition) is 4. The molecule has 1 unspecified atom stereocenters. The van der Waals surface area contributed by atoms with E-state index in [0.717, 1.165) is 17.7 Å². The van der Waals surface area contributed by atoms with Crippen LogP contribution in [0.5, 0.6) is 0 Å². The molecule has 0 aromatic heterocycles. The number of hydrogen-bond donors (Lipinski definition) is 1. The molecule has 0 saturated heterocycles. The third-order valence-electron chi connectivity index (χ3n) is 2.58. The number of non-ortho nitro benzene ring substituents is 1. The fraction of sp³-hybridized carbons (Fsp3) is 0.500.